The van der Waals surface area contributed by atoms with Gasteiger partial charge in [-0.2, -0.15) is 0 Å². The molecule has 0 fully saturated rings. The van der Waals surface area contributed by atoms with Crippen molar-refractivity contribution in [3.05, 3.63) is 53.8 Å². The number of anilines is 1. The Hall–Kier alpha value is -2.79. The summed E-state index contributed by atoms with van der Waals surface area (Å²) >= 11 is 6.41. The van der Waals surface area contributed by atoms with E-state index in [9.17, 15) is 4.79 Å². The van der Waals surface area contributed by atoms with Gasteiger partial charge in [-0.15, -0.1) is 0 Å². The number of halogens is 1. The van der Waals surface area contributed by atoms with E-state index in [1.54, 1.807) is 17.2 Å². The highest BCUT2D eigenvalue weighted by molar-refractivity contribution is 6.36. The van der Waals surface area contributed by atoms with Crippen LogP contribution in [0.5, 0.6) is 5.75 Å². The van der Waals surface area contributed by atoms with Gasteiger partial charge in [-0.1, -0.05) is 38.1 Å². The molecule has 0 atom stereocenters. The zero-order valence-corrected chi connectivity index (χ0v) is 16.4. The van der Waals surface area contributed by atoms with Gasteiger partial charge in [-0.05, 0) is 36.8 Å². The van der Waals surface area contributed by atoms with Crippen molar-refractivity contribution in [3.63, 3.8) is 0 Å². The number of fused-ring (bicyclic) bond motifs is 2. The van der Waals surface area contributed by atoms with Gasteiger partial charge < -0.3 is 14.6 Å². The molecule has 3 aromatic rings. The third kappa shape index (κ3) is 3.30. The van der Waals surface area contributed by atoms with E-state index in [2.05, 4.69) is 16.5 Å². The van der Waals surface area contributed by atoms with Crippen LogP contribution >= 0.6 is 11.6 Å². The molecule has 0 spiro atoms. The lowest BCUT2D eigenvalue weighted by Crippen LogP contribution is -2.36. The molecule has 2 aromatic heterocycles. The second-order valence-corrected chi connectivity index (χ2v) is 6.27. The lowest BCUT2D eigenvalue weighted by molar-refractivity contribution is -0.114. The first-order valence-corrected chi connectivity index (χ1v) is 9.32. The number of amides is 1. The summed E-state index contributed by atoms with van der Waals surface area (Å²) in [5.74, 6) is 0.545. The van der Waals surface area contributed by atoms with Crippen LogP contribution in [0.4, 0.5) is 5.69 Å². The number of carbonyl (C=O) groups is 1. The first-order valence-electron chi connectivity index (χ1n) is 8.94. The topological polar surface area (TPSA) is 58.2 Å². The summed E-state index contributed by atoms with van der Waals surface area (Å²) in [4.78, 5) is 21.5. The lowest BCUT2D eigenvalue weighted by atomic mass is 10.0. The number of H-pyrrole nitrogens is 1. The predicted molar refractivity (Wildman–Crippen MR) is 111 cm³/mol. The smallest absolute Gasteiger partial charge is 0.250 e. The van der Waals surface area contributed by atoms with Gasteiger partial charge in [-0.3, -0.25) is 4.79 Å². The van der Waals surface area contributed by atoms with Crippen LogP contribution in [0.15, 0.2) is 43.1 Å². The molecule has 4 rings (SSSR count). The van der Waals surface area contributed by atoms with Gasteiger partial charge in [0.1, 0.15) is 18.0 Å². The highest BCUT2D eigenvalue weighted by Crippen LogP contribution is 2.40. The highest BCUT2D eigenvalue weighted by atomic mass is 35.5. The molecule has 6 heteroatoms. The Morgan fingerprint density at radius 2 is 2.15 bits per heavy atom. The van der Waals surface area contributed by atoms with E-state index in [4.69, 9.17) is 16.3 Å². The Morgan fingerprint density at radius 3 is 2.89 bits per heavy atom. The molecule has 0 radical (unpaired) electrons. The molecular formula is C21H22ClN3O2. The molecule has 1 N–H and O–H groups in total. The van der Waals surface area contributed by atoms with Crippen LogP contribution in [-0.2, 0) is 4.79 Å². The van der Waals surface area contributed by atoms with Crippen LogP contribution in [0.2, 0.25) is 5.02 Å². The average molecular weight is 384 g/mol. The van der Waals surface area contributed by atoms with E-state index in [0.29, 0.717) is 23.9 Å². The highest BCUT2D eigenvalue weighted by Gasteiger charge is 2.24. The third-order valence-corrected chi connectivity index (χ3v) is 4.70. The van der Waals surface area contributed by atoms with Gasteiger partial charge >= 0.3 is 0 Å². The molecule has 1 aromatic carbocycles. The van der Waals surface area contributed by atoms with Crippen molar-refractivity contribution in [3.8, 4) is 16.9 Å². The third-order valence-electron chi connectivity index (χ3n) is 4.38. The van der Waals surface area contributed by atoms with Crippen molar-refractivity contribution in [1.82, 2.24) is 9.97 Å². The van der Waals surface area contributed by atoms with Gasteiger partial charge in [-0.25, -0.2) is 4.98 Å². The number of aromatic nitrogens is 2. The molecule has 0 saturated heterocycles. The molecule has 140 valence electrons. The van der Waals surface area contributed by atoms with Crippen molar-refractivity contribution in [2.24, 2.45) is 0 Å². The zero-order valence-electron chi connectivity index (χ0n) is 15.7. The molecule has 0 saturated carbocycles. The number of carbonyl (C=O) groups excluding carboxylic acids is 1. The Labute approximate surface area is 163 Å². The van der Waals surface area contributed by atoms with Gasteiger partial charge in [0, 0.05) is 22.8 Å². The molecule has 5 nitrogen and oxygen atoms in total. The molecule has 0 bridgehead atoms. The fourth-order valence-corrected chi connectivity index (χ4v) is 3.51. The average Bonchev–Trinajstić information content (AvgIpc) is 3.05. The minimum atomic E-state index is -0.142. The first kappa shape index (κ1) is 19.0. The molecule has 1 aliphatic heterocycles. The number of nitrogens with zero attached hydrogens (tertiary/aromatic N) is 2. The van der Waals surface area contributed by atoms with Crippen LogP contribution in [0.25, 0.3) is 22.2 Å². The maximum absolute atomic E-state index is 12.2. The minimum Gasteiger partial charge on any atom is -0.490 e. The second kappa shape index (κ2) is 7.84. The van der Waals surface area contributed by atoms with Crippen LogP contribution < -0.4 is 9.64 Å². The summed E-state index contributed by atoms with van der Waals surface area (Å²) in [6, 6.07) is 7.58. The second-order valence-electron chi connectivity index (χ2n) is 5.87. The van der Waals surface area contributed by atoms with Gasteiger partial charge in [0.15, 0.2) is 0 Å². The van der Waals surface area contributed by atoms with Crippen molar-refractivity contribution in [2.75, 3.05) is 18.1 Å². The monoisotopic (exact) mass is 383 g/mol. The summed E-state index contributed by atoms with van der Waals surface area (Å²) in [5, 5.41) is 1.51. The quantitative estimate of drug-likeness (QED) is 0.624. The minimum absolute atomic E-state index is 0.142. The predicted octanol–water partition coefficient (Wildman–Crippen LogP) is 5.13. The standard InChI is InChI=1S/C19H16ClN3O2.C2H6/c1-3-16(24)23-8-9-25-15-5-4-12(10-14(15)23)17-11(2)22-19-18(17)13(20)6-7-21-19;1-2/h3-7,10H,1,8-9H2,2H3,(H,21,22);1-2H3. The summed E-state index contributed by atoms with van der Waals surface area (Å²) in [6.07, 6.45) is 3.00. The normalized spacial score (nSPS) is 12.7. The van der Waals surface area contributed by atoms with E-state index < -0.39 is 0 Å². The van der Waals surface area contributed by atoms with Crippen LogP contribution in [-0.4, -0.2) is 29.0 Å². The van der Waals surface area contributed by atoms with Crippen molar-refractivity contribution < 1.29 is 9.53 Å². The molecule has 0 unspecified atom stereocenters. The summed E-state index contributed by atoms with van der Waals surface area (Å²) < 4.78 is 5.69. The zero-order chi connectivity index (χ0) is 19.6. The maximum Gasteiger partial charge on any atom is 0.250 e. The van der Waals surface area contributed by atoms with Crippen molar-refractivity contribution >= 4 is 34.2 Å². The van der Waals surface area contributed by atoms with E-state index in [1.165, 1.54) is 6.08 Å². The van der Waals surface area contributed by atoms with Gasteiger partial charge in [0.05, 0.1) is 17.3 Å². The number of hydrogen-bond acceptors (Lipinski definition) is 3. The van der Waals surface area contributed by atoms with Crippen LogP contribution in [0.1, 0.15) is 19.5 Å². The first-order chi connectivity index (χ1) is 13.1. The maximum atomic E-state index is 12.2. The van der Waals surface area contributed by atoms with E-state index in [0.717, 1.165) is 33.5 Å². The van der Waals surface area contributed by atoms with Crippen molar-refractivity contribution in [2.45, 2.75) is 20.8 Å². The number of ether oxygens (including phenoxy) is 1. The molecule has 1 aliphatic rings. The number of hydrogen-bond donors (Lipinski definition) is 1. The fraction of sp³-hybridized carbons (Fsp3) is 0.238. The fourth-order valence-electron chi connectivity index (χ4n) is 3.27. The number of aromatic amines is 1. The Balaban J connectivity index is 0.00000102. The molecular weight excluding hydrogens is 362 g/mol. The van der Waals surface area contributed by atoms with Gasteiger partial charge in [0.2, 0.25) is 0 Å². The van der Waals surface area contributed by atoms with E-state index in [-0.39, 0.29) is 5.91 Å². The number of pyridine rings is 1. The Bertz CT molecular complexity index is 1010. The van der Waals surface area contributed by atoms with Crippen LogP contribution in [0.3, 0.4) is 0 Å². The molecule has 3 heterocycles. The molecule has 1 amide bonds. The summed E-state index contributed by atoms with van der Waals surface area (Å²) in [7, 11) is 0. The number of benzene rings is 1. The number of aryl methyl sites for hydroxylation is 1. The molecule has 27 heavy (non-hydrogen) atoms. The summed E-state index contributed by atoms with van der Waals surface area (Å²) in [5.41, 5.74) is 4.38. The Morgan fingerprint density at radius 1 is 1.37 bits per heavy atom. The SMILES string of the molecule is C=CC(=O)N1CCOc2ccc(-c3c(C)[nH]c4nccc(Cl)c34)cc21.CC. The molecule has 0 aliphatic carbocycles. The van der Waals surface area contributed by atoms with E-state index in [1.807, 2.05) is 39.0 Å². The lowest BCUT2D eigenvalue weighted by Gasteiger charge is -2.29. The number of nitrogens with one attached hydrogen (secondary N) is 1. The summed E-state index contributed by atoms with van der Waals surface area (Å²) in [6.45, 7) is 10.5. The number of rotatable bonds is 2. The van der Waals surface area contributed by atoms with Crippen molar-refractivity contribution in [1.29, 1.82) is 0 Å². The Kier molecular flexibility index (Phi) is 5.51. The van der Waals surface area contributed by atoms with Crippen LogP contribution in [0, 0.1) is 6.92 Å². The van der Waals surface area contributed by atoms with E-state index >= 15 is 0 Å². The van der Waals surface area contributed by atoms with Gasteiger partial charge in [0.25, 0.3) is 5.91 Å². The largest absolute Gasteiger partial charge is 0.490 e.